The van der Waals surface area contributed by atoms with Gasteiger partial charge in [0.2, 0.25) is 5.88 Å². The number of nitriles is 1. The number of hydrogen-bond donors (Lipinski definition) is 1. The van der Waals surface area contributed by atoms with Gasteiger partial charge in [0.25, 0.3) is 0 Å². The molecule has 0 aliphatic rings. The Bertz CT molecular complexity index is 404. The van der Waals surface area contributed by atoms with Gasteiger partial charge >= 0.3 is 0 Å². The molecule has 0 unspecified atom stereocenters. The van der Waals surface area contributed by atoms with Crippen LogP contribution in [0.15, 0.2) is 12.1 Å². The van der Waals surface area contributed by atoms with Gasteiger partial charge in [-0.1, -0.05) is 0 Å². The van der Waals surface area contributed by atoms with E-state index in [1.165, 1.54) is 0 Å². The van der Waals surface area contributed by atoms with E-state index in [0.717, 1.165) is 6.42 Å². The van der Waals surface area contributed by atoms with Gasteiger partial charge in [-0.25, -0.2) is 4.98 Å². The highest BCUT2D eigenvalue weighted by Crippen LogP contribution is 2.13. The van der Waals surface area contributed by atoms with E-state index in [4.69, 9.17) is 25.2 Å². The van der Waals surface area contributed by atoms with Crippen LogP contribution < -0.4 is 10.5 Å². The van der Waals surface area contributed by atoms with Crippen molar-refractivity contribution < 1.29 is 14.2 Å². The number of nitrogen functional groups attached to an aromatic ring is 1. The largest absolute Gasteiger partial charge is 0.475 e. The molecule has 0 amide bonds. The highest BCUT2D eigenvalue weighted by atomic mass is 16.5. The van der Waals surface area contributed by atoms with E-state index >= 15 is 0 Å². The van der Waals surface area contributed by atoms with Crippen molar-refractivity contribution in [3.8, 4) is 11.9 Å². The van der Waals surface area contributed by atoms with E-state index in [0.29, 0.717) is 38.0 Å². The van der Waals surface area contributed by atoms with E-state index < -0.39 is 0 Å². The van der Waals surface area contributed by atoms with Gasteiger partial charge in [-0.15, -0.1) is 0 Å². The van der Waals surface area contributed by atoms with Crippen LogP contribution in [0, 0.1) is 11.3 Å². The number of aromatic nitrogens is 1. The van der Waals surface area contributed by atoms with Crippen molar-refractivity contribution in [2.75, 3.05) is 39.3 Å². The number of methoxy groups -OCH3 is 1. The molecule has 0 radical (unpaired) electrons. The molecule has 0 atom stereocenters. The Labute approximate surface area is 106 Å². The number of rotatable bonds is 8. The van der Waals surface area contributed by atoms with E-state index in [1.807, 2.05) is 6.07 Å². The summed E-state index contributed by atoms with van der Waals surface area (Å²) in [6.07, 6.45) is 0.856. The van der Waals surface area contributed by atoms with E-state index in [1.54, 1.807) is 19.2 Å². The first-order valence-electron chi connectivity index (χ1n) is 5.64. The number of ether oxygens (including phenoxy) is 3. The Balaban J connectivity index is 2.22. The van der Waals surface area contributed by atoms with Gasteiger partial charge in [-0.3, -0.25) is 0 Å². The molecule has 0 aliphatic carbocycles. The van der Waals surface area contributed by atoms with E-state index in [2.05, 4.69) is 4.98 Å². The van der Waals surface area contributed by atoms with Gasteiger partial charge in [-0.05, 0) is 12.5 Å². The lowest BCUT2D eigenvalue weighted by Gasteiger charge is -2.07. The van der Waals surface area contributed by atoms with Gasteiger partial charge in [0, 0.05) is 26.4 Å². The molecule has 0 aromatic carbocycles. The van der Waals surface area contributed by atoms with Crippen LogP contribution in [0.2, 0.25) is 0 Å². The normalized spacial score (nSPS) is 10.0. The minimum atomic E-state index is 0.175. The standard InChI is InChI=1S/C12H17N3O3/c1-16-5-2-6-17-7-8-18-12-4-3-10(14)11(9-13)15-12/h3-4H,2,5-8,14H2,1H3. The second kappa shape index (κ2) is 8.28. The summed E-state index contributed by atoms with van der Waals surface area (Å²) in [6, 6.07) is 5.12. The molecular formula is C12H17N3O3. The monoisotopic (exact) mass is 251 g/mol. The molecule has 1 aromatic heterocycles. The van der Waals surface area contributed by atoms with Crippen molar-refractivity contribution in [3.05, 3.63) is 17.8 Å². The summed E-state index contributed by atoms with van der Waals surface area (Å²) in [5, 5.41) is 8.75. The number of hydrogen-bond acceptors (Lipinski definition) is 6. The number of nitrogens with two attached hydrogens (primary N) is 1. The molecule has 1 rings (SSSR count). The topological polar surface area (TPSA) is 90.4 Å². The fraction of sp³-hybridized carbons (Fsp3) is 0.500. The summed E-state index contributed by atoms with van der Waals surface area (Å²) in [5.41, 5.74) is 6.07. The molecule has 18 heavy (non-hydrogen) atoms. The Kier molecular flexibility index (Phi) is 6.54. The van der Waals surface area contributed by atoms with Crippen molar-refractivity contribution in [1.82, 2.24) is 4.98 Å². The molecule has 0 fully saturated rings. The molecule has 0 spiro atoms. The first-order valence-corrected chi connectivity index (χ1v) is 5.64. The van der Waals surface area contributed by atoms with Crippen molar-refractivity contribution in [2.45, 2.75) is 6.42 Å². The minimum Gasteiger partial charge on any atom is -0.475 e. The maximum Gasteiger partial charge on any atom is 0.214 e. The summed E-state index contributed by atoms with van der Waals surface area (Å²) in [5.74, 6) is 0.376. The Hall–Kier alpha value is -1.84. The highest BCUT2D eigenvalue weighted by Gasteiger charge is 2.02. The van der Waals surface area contributed by atoms with Gasteiger partial charge in [0.15, 0.2) is 5.69 Å². The van der Waals surface area contributed by atoms with Crippen LogP contribution in [0.5, 0.6) is 5.88 Å². The summed E-state index contributed by atoms with van der Waals surface area (Å²) >= 11 is 0. The number of nitrogens with zero attached hydrogens (tertiary/aromatic N) is 2. The molecule has 0 saturated carbocycles. The molecule has 0 saturated heterocycles. The van der Waals surface area contributed by atoms with Gasteiger partial charge < -0.3 is 19.9 Å². The molecule has 6 nitrogen and oxygen atoms in total. The predicted molar refractivity (Wildman–Crippen MR) is 66.2 cm³/mol. The summed E-state index contributed by atoms with van der Waals surface area (Å²) in [7, 11) is 1.66. The molecule has 0 bridgehead atoms. The smallest absolute Gasteiger partial charge is 0.214 e. The average Bonchev–Trinajstić information content (AvgIpc) is 2.39. The molecule has 0 aliphatic heterocycles. The van der Waals surface area contributed by atoms with Gasteiger partial charge in [0.05, 0.1) is 12.3 Å². The number of pyridine rings is 1. The Morgan fingerprint density at radius 2 is 2.11 bits per heavy atom. The summed E-state index contributed by atoms with van der Waals surface area (Å²) in [4.78, 5) is 3.95. The van der Waals surface area contributed by atoms with Crippen LogP contribution in [0.3, 0.4) is 0 Å². The first kappa shape index (κ1) is 14.2. The van der Waals surface area contributed by atoms with Crippen molar-refractivity contribution >= 4 is 5.69 Å². The zero-order valence-electron chi connectivity index (χ0n) is 10.4. The lowest BCUT2D eigenvalue weighted by Crippen LogP contribution is -2.09. The third-order valence-electron chi connectivity index (χ3n) is 2.12. The van der Waals surface area contributed by atoms with Gasteiger partial charge in [0.1, 0.15) is 12.7 Å². The lowest BCUT2D eigenvalue weighted by molar-refractivity contribution is 0.0795. The fourth-order valence-electron chi connectivity index (χ4n) is 1.23. The van der Waals surface area contributed by atoms with Crippen LogP contribution in [0.1, 0.15) is 12.1 Å². The molecule has 6 heteroatoms. The Morgan fingerprint density at radius 1 is 1.28 bits per heavy atom. The molecule has 2 N–H and O–H groups in total. The Morgan fingerprint density at radius 3 is 2.83 bits per heavy atom. The third kappa shape index (κ3) is 4.99. The molecule has 1 heterocycles. The minimum absolute atomic E-state index is 0.175. The van der Waals surface area contributed by atoms with Gasteiger partial charge in [-0.2, -0.15) is 5.26 Å². The third-order valence-corrected chi connectivity index (χ3v) is 2.12. The van der Waals surface area contributed by atoms with Crippen molar-refractivity contribution in [3.63, 3.8) is 0 Å². The second-order valence-corrected chi connectivity index (χ2v) is 3.51. The number of anilines is 1. The van der Waals surface area contributed by atoms with E-state index in [9.17, 15) is 0 Å². The molecule has 98 valence electrons. The van der Waals surface area contributed by atoms with Crippen LogP contribution in [-0.2, 0) is 9.47 Å². The van der Waals surface area contributed by atoms with Crippen LogP contribution >= 0.6 is 0 Å². The van der Waals surface area contributed by atoms with Crippen LogP contribution in [-0.4, -0.2) is 38.5 Å². The molecule has 1 aromatic rings. The maximum atomic E-state index is 8.75. The average molecular weight is 251 g/mol. The summed E-state index contributed by atoms with van der Waals surface area (Å²) < 4.78 is 15.5. The zero-order valence-corrected chi connectivity index (χ0v) is 10.4. The quantitative estimate of drug-likeness (QED) is 0.692. The van der Waals surface area contributed by atoms with Crippen molar-refractivity contribution in [1.29, 1.82) is 5.26 Å². The predicted octanol–water partition coefficient (Wildman–Crippen LogP) is 0.967. The van der Waals surface area contributed by atoms with Crippen LogP contribution in [0.4, 0.5) is 5.69 Å². The molecular weight excluding hydrogens is 234 g/mol. The SMILES string of the molecule is COCCCOCCOc1ccc(N)c(C#N)n1. The second-order valence-electron chi connectivity index (χ2n) is 3.51. The maximum absolute atomic E-state index is 8.75. The van der Waals surface area contributed by atoms with E-state index in [-0.39, 0.29) is 5.69 Å². The summed E-state index contributed by atoms with van der Waals surface area (Å²) in [6.45, 7) is 2.17. The zero-order chi connectivity index (χ0) is 13.2. The van der Waals surface area contributed by atoms with Crippen molar-refractivity contribution in [2.24, 2.45) is 0 Å². The van der Waals surface area contributed by atoms with Crippen LogP contribution in [0.25, 0.3) is 0 Å². The first-order chi connectivity index (χ1) is 8.77. The lowest BCUT2D eigenvalue weighted by atomic mass is 10.3. The highest BCUT2D eigenvalue weighted by molar-refractivity contribution is 5.50. The fourth-order valence-corrected chi connectivity index (χ4v) is 1.23.